The molecule has 0 radical (unpaired) electrons. The van der Waals surface area contributed by atoms with Gasteiger partial charge in [-0.3, -0.25) is 9.59 Å². The lowest BCUT2D eigenvalue weighted by Gasteiger charge is -2.37. The lowest BCUT2D eigenvalue weighted by molar-refractivity contribution is -0.139. The van der Waals surface area contributed by atoms with Gasteiger partial charge < -0.3 is 10.2 Å². The van der Waals surface area contributed by atoms with Crippen molar-refractivity contribution in [3.05, 3.63) is 29.8 Å². The number of hydrogen-bond donors (Lipinski definition) is 1. The average molecular weight is 341 g/mol. The van der Waals surface area contributed by atoms with Crippen LogP contribution in [0.1, 0.15) is 44.6 Å². The van der Waals surface area contributed by atoms with Crippen molar-refractivity contribution in [2.24, 2.45) is 5.92 Å². The molecule has 2 aliphatic heterocycles. The number of hydrogen-bond acceptors (Lipinski definition) is 3. The molecule has 1 aromatic carbocycles. The van der Waals surface area contributed by atoms with Crippen molar-refractivity contribution in [3.63, 3.8) is 0 Å². The molecule has 4 amide bonds. The smallest absolute Gasteiger partial charge is 0.329 e. The fourth-order valence-electron chi connectivity index (χ4n) is 3.77. The van der Waals surface area contributed by atoms with Crippen LogP contribution in [0, 0.1) is 5.92 Å². The second-order valence-corrected chi connectivity index (χ2v) is 7.52. The van der Waals surface area contributed by atoms with Gasteiger partial charge in [0.15, 0.2) is 0 Å². The van der Waals surface area contributed by atoms with Gasteiger partial charge in [-0.15, -0.1) is 0 Å². The van der Waals surface area contributed by atoms with E-state index in [4.69, 9.17) is 0 Å². The quantitative estimate of drug-likeness (QED) is 0.917. The summed E-state index contributed by atoms with van der Waals surface area (Å²) in [6, 6.07) is 6.24. The second kappa shape index (κ2) is 5.86. The highest BCUT2D eigenvalue weighted by Crippen LogP contribution is 2.35. The fraction of sp³-hybridized carbons (Fsp3) is 0.526. The number of rotatable bonds is 3. The molecular formula is C19H23N3O3. The van der Waals surface area contributed by atoms with E-state index in [-0.39, 0.29) is 23.8 Å². The van der Waals surface area contributed by atoms with Crippen molar-refractivity contribution >= 4 is 23.5 Å². The standard InChI is InChI=1S/C19H23N3O3/c1-11(2)12-5-7-14(8-6-12)22-18(24)16-15(20-19(22)25)9-10-21(16)17(23)13-3-4-13/h5-8,11,13,15-16H,3-4,9-10H2,1-2H3,(H,20,25). The summed E-state index contributed by atoms with van der Waals surface area (Å²) in [5, 5.41) is 2.91. The Labute approximate surface area is 147 Å². The summed E-state index contributed by atoms with van der Waals surface area (Å²) < 4.78 is 0. The Morgan fingerprint density at radius 3 is 2.40 bits per heavy atom. The van der Waals surface area contributed by atoms with Crippen LogP contribution in [0.4, 0.5) is 10.5 Å². The molecule has 6 heteroatoms. The monoisotopic (exact) mass is 341 g/mol. The number of anilines is 1. The van der Waals surface area contributed by atoms with Gasteiger partial charge in [0.05, 0.1) is 11.7 Å². The Morgan fingerprint density at radius 2 is 1.80 bits per heavy atom. The molecule has 0 aromatic heterocycles. The summed E-state index contributed by atoms with van der Waals surface area (Å²) in [7, 11) is 0. The van der Waals surface area contributed by atoms with Crippen LogP contribution < -0.4 is 10.2 Å². The molecule has 2 unspecified atom stereocenters. The number of fused-ring (bicyclic) bond motifs is 1. The van der Waals surface area contributed by atoms with E-state index in [1.165, 1.54) is 4.90 Å². The summed E-state index contributed by atoms with van der Waals surface area (Å²) in [6.07, 6.45) is 2.46. The van der Waals surface area contributed by atoms with E-state index in [0.29, 0.717) is 24.6 Å². The van der Waals surface area contributed by atoms with Crippen LogP contribution in [-0.4, -0.2) is 41.4 Å². The van der Waals surface area contributed by atoms with Crippen molar-refractivity contribution in [1.82, 2.24) is 10.2 Å². The van der Waals surface area contributed by atoms with E-state index >= 15 is 0 Å². The van der Waals surface area contributed by atoms with Crippen LogP contribution >= 0.6 is 0 Å². The molecule has 132 valence electrons. The lowest BCUT2D eigenvalue weighted by Crippen LogP contribution is -2.65. The SMILES string of the molecule is CC(C)c1ccc(N2C(=O)NC3CCN(C(=O)C4CC4)C3C2=O)cc1. The highest BCUT2D eigenvalue weighted by Gasteiger charge is 2.51. The number of likely N-dealkylation sites (tertiary alicyclic amines) is 1. The van der Waals surface area contributed by atoms with Gasteiger partial charge in [-0.1, -0.05) is 26.0 Å². The first kappa shape index (κ1) is 16.1. The Balaban J connectivity index is 1.61. The van der Waals surface area contributed by atoms with Gasteiger partial charge in [-0.25, -0.2) is 9.69 Å². The highest BCUT2D eigenvalue weighted by molar-refractivity contribution is 6.19. The molecule has 1 N–H and O–H groups in total. The highest BCUT2D eigenvalue weighted by atomic mass is 16.2. The Morgan fingerprint density at radius 1 is 1.12 bits per heavy atom. The van der Waals surface area contributed by atoms with Crippen LogP contribution in [0.5, 0.6) is 0 Å². The number of benzene rings is 1. The van der Waals surface area contributed by atoms with Crippen LogP contribution in [0.3, 0.4) is 0 Å². The number of nitrogens with zero attached hydrogens (tertiary/aromatic N) is 2. The van der Waals surface area contributed by atoms with E-state index in [2.05, 4.69) is 19.2 Å². The largest absolute Gasteiger partial charge is 0.332 e. The first-order valence-electron chi connectivity index (χ1n) is 9.02. The van der Waals surface area contributed by atoms with Gasteiger partial charge in [0.2, 0.25) is 5.91 Å². The third-order valence-corrected chi connectivity index (χ3v) is 5.41. The summed E-state index contributed by atoms with van der Waals surface area (Å²) >= 11 is 0. The summed E-state index contributed by atoms with van der Waals surface area (Å²) in [5.74, 6) is 0.221. The van der Waals surface area contributed by atoms with Crippen LogP contribution in [-0.2, 0) is 9.59 Å². The topological polar surface area (TPSA) is 69.7 Å². The van der Waals surface area contributed by atoms with Gasteiger partial charge in [0.25, 0.3) is 5.91 Å². The van der Waals surface area contributed by atoms with Crippen molar-refractivity contribution < 1.29 is 14.4 Å². The molecule has 3 aliphatic rings. The number of imide groups is 1. The zero-order chi connectivity index (χ0) is 17.7. The van der Waals surface area contributed by atoms with Crippen LogP contribution in [0.25, 0.3) is 0 Å². The normalized spacial score (nSPS) is 26.0. The molecule has 2 saturated heterocycles. The minimum atomic E-state index is -0.574. The Hall–Kier alpha value is -2.37. The van der Waals surface area contributed by atoms with E-state index < -0.39 is 12.1 Å². The molecule has 1 aromatic rings. The first-order valence-corrected chi connectivity index (χ1v) is 9.02. The molecule has 0 bridgehead atoms. The van der Waals surface area contributed by atoms with Gasteiger partial charge in [-0.2, -0.15) is 0 Å². The molecule has 0 spiro atoms. The first-order chi connectivity index (χ1) is 12.0. The van der Waals surface area contributed by atoms with Crippen molar-refractivity contribution in [2.45, 2.75) is 51.1 Å². The number of carbonyl (C=O) groups excluding carboxylic acids is 3. The molecule has 3 fully saturated rings. The maximum Gasteiger partial charge on any atom is 0.329 e. The van der Waals surface area contributed by atoms with Gasteiger partial charge >= 0.3 is 6.03 Å². The molecule has 2 heterocycles. The summed E-state index contributed by atoms with van der Waals surface area (Å²) in [5.41, 5.74) is 1.70. The Bertz CT molecular complexity index is 724. The van der Waals surface area contributed by atoms with E-state index in [9.17, 15) is 14.4 Å². The third kappa shape index (κ3) is 2.69. The zero-order valence-electron chi connectivity index (χ0n) is 14.6. The number of urea groups is 1. The zero-order valence-corrected chi connectivity index (χ0v) is 14.6. The van der Waals surface area contributed by atoms with Gasteiger partial charge in [-0.05, 0) is 42.9 Å². The number of amides is 4. The Kier molecular flexibility index (Phi) is 3.78. The molecule has 6 nitrogen and oxygen atoms in total. The third-order valence-electron chi connectivity index (χ3n) is 5.41. The number of nitrogens with one attached hydrogen (secondary N) is 1. The molecular weight excluding hydrogens is 318 g/mol. The molecule has 4 rings (SSSR count). The molecule has 25 heavy (non-hydrogen) atoms. The van der Waals surface area contributed by atoms with Gasteiger partial charge in [0, 0.05) is 12.5 Å². The van der Waals surface area contributed by atoms with Crippen molar-refractivity contribution in [1.29, 1.82) is 0 Å². The predicted octanol–water partition coefficient (Wildman–Crippen LogP) is 2.25. The van der Waals surface area contributed by atoms with Crippen molar-refractivity contribution in [3.8, 4) is 0 Å². The second-order valence-electron chi connectivity index (χ2n) is 7.52. The van der Waals surface area contributed by atoms with E-state index in [1.54, 1.807) is 17.0 Å². The fourth-order valence-corrected chi connectivity index (χ4v) is 3.77. The van der Waals surface area contributed by atoms with Crippen LogP contribution in [0.15, 0.2) is 24.3 Å². The van der Waals surface area contributed by atoms with E-state index in [1.807, 2.05) is 12.1 Å². The minimum Gasteiger partial charge on any atom is -0.332 e. The molecule has 1 aliphatic carbocycles. The molecule has 1 saturated carbocycles. The van der Waals surface area contributed by atoms with E-state index in [0.717, 1.165) is 18.4 Å². The maximum atomic E-state index is 13.1. The maximum absolute atomic E-state index is 13.1. The van der Waals surface area contributed by atoms with Crippen molar-refractivity contribution in [2.75, 3.05) is 11.4 Å². The minimum absolute atomic E-state index is 0.0621. The summed E-state index contributed by atoms with van der Waals surface area (Å²) in [4.78, 5) is 40.9. The predicted molar refractivity (Wildman–Crippen MR) is 93.2 cm³/mol. The van der Waals surface area contributed by atoms with Gasteiger partial charge in [0.1, 0.15) is 6.04 Å². The van der Waals surface area contributed by atoms with Crippen LogP contribution in [0.2, 0.25) is 0 Å². The molecule has 2 atom stereocenters. The average Bonchev–Trinajstić information content (AvgIpc) is 3.35. The summed E-state index contributed by atoms with van der Waals surface area (Å²) in [6.45, 7) is 4.73. The lowest BCUT2D eigenvalue weighted by atomic mass is 10.0. The number of carbonyl (C=O) groups is 3.